The first kappa shape index (κ1) is 17.6. The maximum atomic E-state index is 12.7. The quantitative estimate of drug-likeness (QED) is 0.799. The van der Waals surface area contributed by atoms with Gasteiger partial charge in [-0.1, -0.05) is 12.1 Å². The van der Waals surface area contributed by atoms with Crippen molar-refractivity contribution in [2.24, 2.45) is 0 Å². The largest absolute Gasteiger partial charge is 0.337 e. The van der Waals surface area contributed by atoms with Gasteiger partial charge in [-0.15, -0.1) is 0 Å². The molecule has 0 saturated carbocycles. The summed E-state index contributed by atoms with van der Waals surface area (Å²) in [5, 5.41) is 0.465. The van der Waals surface area contributed by atoms with Crippen molar-refractivity contribution in [2.45, 2.75) is 32.9 Å². The van der Waals surface area contributed by atoms with Crippen LogP contribution in [-0.2, 0) is 21.2 Å². The highest BCUT2D eigenvalue weighted by Gasteiger charge is 2.34. The highest BCUT2D eigenvalue weighted by atomic mass is 32.2. The molecule has 0 spiro atoms. The summed E-state index contributed by atoms with van der Waals surface area (Å²) in [6, 6.07) is 6.70. The Morgan fingerprint density at radius 1 is 1.36 bits per heavy atom. The van der Waals surface area contributed by atoms with Crippen LogP contribution in [0.15, 0.2) is 29.1 Å². The maximum Gasteiger partial charge on any atom is 0.261 e. The zero-order valence-electron chi connectivity index (χ0n) is 14.3. The lowest BCUT2D eigenvalue weighted by molar-refractivity contribution is -0.133. The lowest BCUT2D eigenvalue weighted by Gasteiger charge is -2.27. The third-order valence-corrected chi connectivity index (χ3v) is 6.41. The topological polar surface area (TPSA) is 89.3 Å². The molecule has 134 valence electrons. The SMILES string of the molecule is CCN(C(=O)Cn1c(C)nc2ccccc2c1=O)[C@@H]1CCS(=O)(=O)C1. The van der Waals surface area contributed by atoms with Crippen LogP contribution in [0, 0.1) is 6.92 Å². The summed E-state index contributed by atoms with van der Waals surface area (Å²) >= 11 is 0. The molecule has 1 amide bonds. The third kappa shape index (κ3) is 3.44. The van der Waals surface area contributed by atoms with Crippen molar-refractivity contribution >= 4 is 26.6 Å². The van der Waals surface area contributed by atoms with E-state index >= 15 is 0 Å². The molecule has 3 rings (SSSR count). The molecular weight excluding hydrogens is 342 g/mol. The molecule has 0 aliphatic carbocycles. The number of amides is 1. The van der Waals surface area contributed by atoms with Crippen molar-refractivity contribution in [3.8, 4) is 0 Å². The minimum atomic E-state index is -3.08. The smallest absolute Gasteiger partial charge is 0.261 e. The van der Waals surface area contributed by atoms with Gasteiger partial charge in [-0.25, -0.2) is 13.4 Å². The Labute approximate surface area is 146 Å². The van der Waals surface area contributed by atoms with Gasteiger partial charge in [0.25, 0.3) is 5.56 Å². The number of nitrogens with zero attached hydrogens (tertiary/aromatic N) is 3. The van der Waals surface area contributed by atoms with Crippen molar-refractivity contribution in [3.05, 3.63) is 40.4 Å². The van der Waals surface area contributed by atoms with E-state index in [2.05, 4.69) is 4.98 Å². The Kier molecular flexibility index (Phi) is 4.64. The van der Waals surface area contributed by atoms with E-state index < -0.39 is 9.84 Å². The number of para-hydroxylation sites is 1. The van der Waals surface area contributed by atoms with Crippen LogP contribution in [0.25, 0.3) is 10.9 Å². The lowest BCUT2D eigenvalue weighted by Crippen LogP contribution is -2.44. The van der Waals surface area contributed by atoms with Gasteiger partial charge < -0.3 is 4.90 Å². The molecule has 1 atom stereocenters. The summed E-state index contributed by atoms with van der Waals surface area (Å²) in [6.45, 7) is 3.79. The number of aromatic nitrogens is 2. The van der Waals surface area contributed by atoms with Gasteiger partial charge in [-0.3, -0.25) is 14.2 Å². The molecule has 2 aromatic rings. The monoisotopic (exact) mass is 363 g/mol. The molecule has 1 aromatic heterocycles. The van der Waals surface area contributed by atoms with Gasteiger partial charge in [-0.05, 0) is 32.4 Å². The Morgan fingerprint density at radius 3 is 2.72 bits per heavy atom. The zero-order chi connectivity index (χ0) is 18.2. The van der Waals surface area contributed by atoms with Crippen molar-refractivity contribution in [3.63, 3.8) is 0 Å². The zero-order valence-corrected chi connectivity index (χ0v) is 15.1. The Hall–Kier alpha value is -2.22. The van der Waals surface area contributed by atoms with E-state index in [4.69, 9.17) is 0 Å². The van der Waals surface area contributed by atoms with E-state index in [-0.39, 0.29) is 35.6 Å². The van der Waals surface area contributed by atoms with Gasteiger partial charge in [-0.2, -0.15) is 0 Å². The summed E-state index contributed by atoms with van der Waals surface area (Å²) in [7, 11) is -3.08. The molecule has 8 heteroatoms. The highest BCUT2D eigenvalue weighted by Crippen LogP contribution is 2.18. The summed E-state index contributed by atoms with van der Waals surface area (Å²) in [5.74, 6) is 0.313. The fourth-order valence-electron chi connectivity index (χ4n) is 3.35. The van der Waals surface area contributed by atoms with Crippen LogP contribution in [0.1, 0.15) is 19.2 Å². The number of hydrogen-bond donors (Lipinski definition) is 0. The minimum absolute atomic E-state index is 0.00354. The minimum Gasteiger partial charge on any atom is -0.337 e. The number of aryl methyl sites for hydroxylation is 1. The fraction of sp³-hybridized carbons (Fsp3) is 0.471. The van der Waals surface area contributed by atoms with Gasteiger partial charge >= 0.3 is 0 Å². The highest BCUT2D eigenvalue weighted by molar-refractivity contribution is 7.91. The molecule has 1 fully saturated rings. The summed E-state index contributed by atoms with van der Waals surface area (Å²) in [6.07, 6.45) is 0.450. The maximum absolute atomic E-state index is 12.7. The van der Waals surface area contributed by atoms with Crippen LogP contribution < -0.4 is 5.56 Å². The second-order valence-electron chi connectivity index (χ2n) is 6.30. The predicted octanol–water partition coefficient (Wildman–Crippen LogP) is 0.741. The third-order valence-electron chi connectivity index (χ3n) is 4.66. The number of fused-ring (bicyclic) bond motifs is 1. The number of carbonyl (C=O) groups excluding carboxylic acids is 1. The van der Waals surface area contributed by atoms with Crippen LogP contribution in [0.3, 0.4) is 0 Å². The van der Waals surface area contributed by atoms with Gasteiger partial charge in [0.05, 0.1) is 22.4 Å². The molecule has 0 N–H and O–H groups in total. The Balaban J connectivity index is 1.90. The molecule has 7 nitrogen and oxygen atoms in total. The molecule has 25 heavy (non-hydrogen) atoms. The summed E-state index contributed by atoms with van der Waals surface area (Å²) in [5.41, 5.74) is 0.342. The van der Waals surface area contributed by atoms with E-state index in [0.29, 0.717) is 29.7 Å². The lowest BCUT2D eigenvalue weighted by atomic mass is 10.2. The Bertz CT molecular complexity index is 981. The van der Waals surface area contributed by atoms with Crippen molar-refractivity contribution in [1.29, 1.82) is 0 Å². The second kappa shape index (κ2) is 6.59. The fourth-order valence-corrected chi connectivity index (χ4v) is 5.08. The predicted molar refractivity (Wildman–Crippen MR) is 95.2 cm³/mol. The molecule has 1 saturated heterocycles. The molecule has 1 aromatic carbocycles. The molecule has 0 bridgehead atoms. The van der Waals surface area contributed by atoms with Crippen molar-refractivity contribution < 1.29 is 13.2 Å². The average Bonchev–Trinajstić information content (AvgIpc) is 2.92. The van der Waals surface area contributed by atoms with Gasteiger partial charge in [0.1, 0.15) is 12.4 Å². The Morgan fingerprint density at radius 2 is 2.08 bits per heavy atom. The summed E-state index contributed by atoms with van der Waals surface area (Å²) in [4.78, 5) is 31.4. The van der Waals surface area contributed by atoms with Crippen molar-refractivity contribution in [1.82, 2.24) is 14.5 Å². The van der Waals surface area contributed by atoms with Crippen LogP contribution in [0.2, 0.25) is 0 Å². The number of rotatable bonds is 4. The van der Waals surface area contributed by atoms with Crippen molar-refractivity contribution in [2.75, 3.05) is 18.1 Å². The first-order valence-corrected chi connectivity index (χ1v) is 10.1. The van der Waals surface area contributed by atoms with Crippen LogP contribution in [0.5, 0.6) is 0 Å². The van der Waals surface area contributed by atoms with Gasteiger partial charge in [0.2, 0.25) is 5.91 Å². The normalized spacial score (nSPS) is 19.2. The van der Waals surface area contributed by atoms with E-state index in [0.717, 1.165) is 0 Å². The van der Waals surface area contributed by atoms with Gasteiger partial charge in [0, 0.05) is 12.6 Å². The van der Waals surface area contributed by atoms with E-state index in [1.165, 1.54) is 4.57 Å². The molecule has 1 aliphatic rings. The molecule has 2 heterocycles. The molecular formula is C17H21N3O4S. The summed E-state index contributed by atoms with van der Waals surface area (Å²) < 4.78 is 24.7. The number of sulfone groups is 1. The van der Waals surface area contributed by atoms with Gasteiger partial charge in [0.15, 0.2) is 9.84 Å². The molecule has 0 unspecified atom stereocenters. The number of benzene rings is 1. The van der Waals surface area contributed by atoms with Crippen LogP contribution in [0.4, 0.5) is 0 Å². The molecule has 1 aliphatic heterocycles. The first-order chi connectivity index (χ1) is 11.8. The van der Waals surface area contributed by atoms with E-state index in [1.54, 1.807) is 30.0 Å². The van der Waals surface area contributed by atoms with E-state index in [9.17, 15) is 18.0 Å². The number of hydrogen-bond acceptors (Lipinski definition) is 5. The number of carbonyl (C=O) groups is 1. The van der Waals surface area contributed by atoms with E-state index in [1.807, 2.05) is 13.0 Å². The standard InChI is InChI=1S/C17H21N3O4S/c1-3-19(13-8-9-25(23,24)11-13)16(21)10-20-12(2)18-15-7-5-4-6-14(15)17(20)22/h4-7,13H,3,8-11H2,1-2H3/t13-/m1/s1. The van der Waals surface area contributed by atoms with Crippen LogP contribution >= 0.6 is 0 Å². The van der Waals surface area contributed by atoms with Crippen LogP contribution in [-0.4, -0.2) is 52.9 Å². The first-order valence-electron chi connectivity index (χ1n) is 8.28. The second-order valence-corrected chi connectivity index (χ2v) is 8.53. The molecule has 0 radical (unpaired) electrons. The average molecular weight is 363 g/mol. The number of likely N-dealkylation sites (N-methyl/N-ethyl adjacent to an activating group) is 1.